The van der Waals surface area contributed by atoms with Crippen LogP contribution in [0.25, 0.3) is 0 Å². The van der Waals surface area contributed by atoms with Crippen LogP contribution in [0.15, 0.2) is 55.3 Å². The predicted molar refractivity (Wildman–Crippen MR) is 89.5 cm³/mol. The Balaban J connectivity index is 2.11. The molecule has 1 aromatic rings. The molecule has 8 heteroatoms. The van der Waals surface area contributed by atoms with Crippen molar-refractivity contribution in [3.63, 3.8) is 0 Å². The first-order valence-corrected chi connectivity index (χ1v) is 7.21. The van der Waals surface area contributed by atoms with E-state index in [1.165, 1.54) is 6.08 Å². The average molecular weight is 329 g/mol. The highest BCUT2D eigenvalue weighted by molar-refractivity contribution is 6.08. The Kier molecular flexibility index (Phi) is 4.88. The molecule has 0 aromatic heterocycles. The molecule has 126 valence electrons. The Morgan fingerprint density at radius 2 is 2.00 bits per heavy atom. The Morgan fingerprint density at radius 3 is 2.58 bits per heavy atom. The molecule has 1 heterocycles. The number of hydrogen-bond donors (Lipinski definition) is 4. The van der Waals surface area contributed by atoms with Crippen molar-refractivity contribution in [2.75, 3.05) is 5.32 Å². The summed E-state index contributed by atoms with van der Waals surface area (Å²) < 4.78 is 0. The van der Waals surface area contributed by atoms with E-state index in [0.29, 0.717) is 10.7 Å². The van der Waals surface area contributed by atoms with Gasteiger partial charge in [-0.2, -0.15) is 5.01 Å². The standard InChI is InChI=1S/C16H19N5O3/c1-3-9-16(10-11(2)17)13(22)21(15(24)19-16)20-14(23)18-12-7-5-4-6-8-12/h3-8H,1-2,9-10,17H2,(H,19,24)(H2,18,20,23). The number of nitrogens with two attached hydrogens (primary N) is 1. The second-order valence-electron chi connectivity index (χ2n) is 5.41. The number of anilines is 1. The van der Waals surface area contributed by atoms with Gasteiger partial charge in [-0.3, -0.25) is 4.79 Å². The molecule has 5 amide bonds. The maximum Gasteiger partial charge on any atom is 0.344 e. The number of nitrogens with zero attached hydrogens (tertiary/aromatic N) is 1. The quantitative estimate of drug-likeness (QED) is 0.467. The summed E-state index contributed by atoms with van der Waals surface area (Å²) in [6.45, 7) is 7.15. The van der Waals surface area contributed by atoms with E-state index in [-0.39, 0.29) is 18.5 Å². The fourth-order valence-electron chi connectivity index (χ4n) is 2.47. The monoisotopic (exact) mass is 329 g/mol. The molecule has 1 aliphatic rings. The maximum absolute atomic E-state index is 12.6. The molecule has 2 rings (SSSR count). The molecule has 0 saturated carbocycles. The Morgan fingerprint density at radius 1 is 1.33 bits per heavy atom. The van der Waals surface area contributed by atoms with E-state index in [1.54, 1.807) is 30.3 Å². The van der Waals surface area contributed by atoms with Gasteiger partial charge in [-0.1, -0.05) is 30.9 Å². The fraction of sp³-hybridized carbons (Fsp3) is 0.188. The third-order valence-corrected chi connectivity index (χ3v) is 3.43. The van der Waals surface area contributed by atoms with Gasteiger partial charge in [-0.05, 0) is 18.6 Å². The van der Waals surface area contributed by atoms with Crippen molar-refractivity contribution in [3.05, 3.63) is 55.3 Å². The number of hydrazine groups is 1. The van der Waals surface area contributed by atoms with Crippen LogP contribution >= 0.6 is 0 Å². The second kappa shape index (κ2) is 6.86. The van der Waals surface area contributed by atoms with Crippen molar-refractivity contribution in [1.29, 1.82) is 0 Å². The lowest BCUT2D eigenvalue weighted by molar-refractivity contribution is -0.132. The summed E-state index contributed by atoms with van der Waals surface area (Å²) in [6, 6.07) is 7.16. The highest BCUT2D eigenvalue weighted by atomic mass is 16.2. The van der Waals surface area contributed by atoms with Gasteiger partial charge in [0.05, 0.1) is 0 Å². The lowest BCUT2D eigenvalue weighted by Gasteiger charge is -2.25. The van der Waals surface area contributed by atoms with Crippen LogP contribution in [0.2, 0.25) is 0 Å². The first kappa shape index (κ1) is 17.1. The van der Waals surface area contributed by atoms with Crippen LogP contribution in [0.1, 0.15) is 12.8 Å². The smallest absolute Gasteiger partial charge is 0.344 e. The van der Waals surface area contributed by atoms with E-state index in [4.69, 9.17) is 5.73 Å². The number of imide groups is 1. The summed E-state index contributed by atoms with van der Waals surface area (Å²) in [6.07, 6.45) is 1.70. The van der Waals surface area contributed by atoms with Gasteiger partial charge in [-0.15, -0.1) is 6.58 Å². The number of rotatable bonds is 6. The largest absolute Gasteiger partial charge is 0.402 e. The number of carbonyl (C=O) groups excluding carboxylic acids is 3. The van der Waals surface area contributed by atoms with Crippen molar-refractivity contribution < 1.29 is 14.4 Å². The molecule has 0 spiro atoms. The molecule has 0 bridgehead atoms. The van der Waals surface area contributed by atoms with Crippen LogP contribution in [0.3, 0.4) is 0 Å². The van der Waals surface area contributed by atoms with Gasteiger partial charge in [0, 0.05) is 17.8 Å². The molecule has 5 N–H and O–H groups in total. The third-order valence-electron chi connectivity index (χ3n) is 3.43. The van der Waals surface area contributed by atoms with Crippen molar-refractivity contribution in [2.45, 2.75) is 18.4 Å². The van der Waals surface area contributed by atoms with Crippen LogP contribution in [0.4, 0.5) is 15.3 Å². The summed E-state index contributed by atoms with van der Waals surface area (Å²) in [5, 5.41) is 5.70. The van der Waals surface area contributed by atoms with Crippen molar-refractivity contribution in [1.82, 2.24) is 15.8 Å². The van der Waals surface area contributed by atoms with Crippen LogP contribution < -0.4 is 21.8 Å². The van der Waals surface area contributed by atoms with Gasteiger partial charge >= 0.3 is 12.1 Å². The summed E-state index contributed by atoms with van der Waals surface area (Å²) in [4.78, 5) is 36.7. The van der Waals surface area contributed by atoms with Gasteiger partial charge in [0.2, 0.25) is 0 Å². The highest BCUT2D eigenvalue weighted by Crippen LogP contribution is 2.26. The minimum absolute atomic E-state index is 0.0437. The molecule has 0 radical (unpaired) electrons. The number of benzene rings is 1. The number of nitrogens with one attached hydrogen (secondary N) is 3. The zero-order valence-electron chi connectivity index (χ0n) is 13.0. The van der Waals surface area contributed by atoms with E-state index in [2.05, 4.69) is 29.2 Å². The van der Waals surface area contributed by atoms with E-state index >= 15 is 0 Å². The molecule has 8 nitrogen and oxygen atoms in total. The van der Waals surface area contributed by atoms with Gasteiger partial charge < -0.3 is 16.4 Å². The normalized spacial score (nSPS) is 19.6. The van der Waals surface area contributed by atoms with E-state index in [1.807, 2.05) is 0 Å². The number of hydrogen-bond acceptors (Lipinski definition) is 4. The number of para-hydroxylation sites is 1. The lowest BCUT2D eigenvalue weighted by atomic mass is 9.90. The number of amides is 5. The molecule has 1 atom stereocenters. The Labute approximate surface area is 139 Å². The summed E-state index contributed by atoms with van der Waals surface area (Å²) in [5.41, 5.74) is 7.30. The minimum atomic E-state index is -1.29. The summed E-state index contributed by atoms with van der Waals surface area (Å²) >= 11 is 0. The van der Waals surface area contributed by atoms with Crippen LogP contribution in [0, 0.1) is 0 Å². The number of urea groups is 2. The molecular formula is C16H19N5O3. The van der Waals surface area contributed by atoms with Crippen molar-refractivity contribution >= 4 is 23.7 Å². The maximum atomic E-state index is 12.6. The van der Waals surface area contributed by atoms with Crippen LogP contribution in [-0.2, 0) is 4.79 Å². The highest BCUT2D eigenvalue weighted by Gasteiger charge is 2.51. The van der Waals surface area contributed by atoms with Gasteiger partial charge in [0.1, 0.15) is 5.54 Å². The van der Waals surface area contributed by atoms with Gasteiger partial charge in [0.15, 0.2) is 0 Å². The van der Waals surface area contributed by atoms with E-state index in [9.17, 15) is 14.4 Å². The molecule has 1 saturated heterocycles. The van der Waals surface area contributed by atoms with Gasteiger partial charge in [-0.25, -0.2) is 15.0 Å². The molecule has 1 aromatic carbocycles. The minimum Gasteiger partial charge on any atom is -0.402 e. The topological polar surface area (TPSA) is 117 Å². The molecule has 1 fully saturated rings. The van der Waals surface area contributed by atoms with Gasteiger partial charge in [0.25, 0.3) is 5.91 Å². The Bertz CT molecular complexity index is 688. The zero-order valence-corrected chi connectivity index (χ0v) is 13.0. The fourth-order valence-corrected chi connectivity index (χ4v) is 2.47. The van der Waals surface area contributed by atoms with Crippen molar-refractivity contribution in [3.8, 4) is 0 Å². The Hall–Kier alpha value is -3.29. The second-order valence-corrected chi connectivity index (χ2v) is 5.41. The van der Waals surface area contributed by atoms with Crippen molar-refractivity contribution in [2.24, 2.45) is 5.73 Å². The predicted octanol–water partition coefficient (Wildman–Crippen LogP) is 1.45. The van der Waals surface area contributed by atoms with E-state index < -0.39 is 23.5 Å². The third kappa shape index (κ3) is 3.54. The van der Waals surface area contributed by atoms with E-state index in [0.717, 1.165) is 0 Å². The average Bonchev–Trinajstić information content (AvgIpc) is 2.72. The van der Waals surface area contributed by atoms with Crippen LogP contribution in [0.5, 0.6) is 0 Å². The summed E-state index contributed by atoms with van der Waals surface area (Å²) in [7, 11) is 0. The summed E-state index contributed by atoms with van der Waals surface area (Å²) in [5.74, 6) is -0.623. The zero-order chi connectivity index (χ0) is 17.7. The number of carbonyl (C=O) groups is 3. The first-order chi connectivity index (χ1) is 11.4. The molecule has 24 heavy (non-hydrogen) atoms. The molecule has 0 aliphatic carbocycles. The molecular weight excluding hydrogens is 310 g/mol. The molecule has 1 unspecified atom stereocenters. The van der Waals surface area contributed by atoms with Crippen LogP contribution in [-0.4, -0.2) is 28.5 Å². The SMILES string of the molecule is C=CCC1(CC(=C)N)NC(=O)N(NC(=O)Nc2ccccc2)C1=O. The molecule has 1 aliphatic heterocycles. The first-order valence-electron chi connectivity index (χ1n) is 7.21. The lowest BCUT2D eigenvalue weighted by Crippen LogP contribution is -2.51.